The van der Waals surface area contributed by atoms with Crippen LogP contribution in [0.2, 0.25) is 0 Å². The number of thioether (sulfide) groups is 1. The van der Waals surface area contributed by atoms with Crippen molar-refractivity contribution in [3.8, 4) is 6.07 Å². The maximum atomic E-state index is 12.6. The quantitative estimate of drug-likeness (QED) is 0.532. The number of carbonyl (C=O) groups is 1. The smallest absolute Gasteiger partial charge is 0.235 e. The molecule has 0 bridgehead atoms. The van der Waals surface area contributed by atoms with Gasteiger partial charge in [-0.25, -0.2) is 0 Å². The molecule has 0 unspecified atom stereocenters. The topological polar surface area (TPSA) is 83.6 Å². The average Bonchev–Trinajstić information content (AvgIpc) is 3.43. The Morgan fingerprint density at radius 2 is 2.14 bits per heavy atom. The number of nitriles is 1. The molecule has 6 nitrogen and oxygen atoms in total. The third-order valence-corrected chi connectivity index (χ3v) is 7.43. The number of aromatic nitrogens is 3. The van der Waals surface area contributed by atoms with E-state index in [0.29, 0.717) is 16.5 Å². The van der Waals surface area contributed by atoms with Crippen molar-refractivity contribution in [1.82, 2.24) is 14.8 Å². The first-order valence-electron chi connectivity index (χ1n) is 10.1. The number of anilines is 1. The maximum Gasteiger partial charge on any atom is 0.235 e. The molecule has 0 aromatic carbocycles. The van der Waals surface area contributed by atoms with Crippen LogP contribution in [0.4, 0.5) is 5.00 Å². The molecule has 0 radical (unpaired) electrons. The Kier molecular flexibility index (Phi) is 6.02. The van der Waals surface area contributed by atoms with Crippen LogP contribution in [0, 0.1) is 11.3 Å². The number of nitrogens with zero attached hydrogens (tertiary/aromatic N) is 4. The highest BCUT2D eigenvalue weighted by molar-refractivity contribution is 7.99. The van der Waals surface area contributed by atoms with Gasteiger partial charge in [-0.2, -0.15) is 5.26 Å². The van der Waals surface area contributed by atoms with E-state index in [2.05, 4.69) is 33.1 Å². The number of amides is 1. The van der Waals surface area contributed by atoms with Gasteiger partial charge in [0.2, 0.25) is 5.91 Å². The fourth-order valence-electron chi connectivity index (χ4n) is 3.73. The molecule has 28 heavy (non-hydrogen) atoms. The van der Waals surface area contributed by atoms with Crippen molar-refractivity contribution in [1.29, 1.82) is 5.26 Å². The molecule has 2 aromatic rings. The largest absolute Gasteiger partial charge is 0.316 e. The number of fused-ring (bicyclic) bond motifs is 1. The van der Waals surface area contributed by atoms with Crippen LogP contribution in [-0.2, 0) is 24.2 Å². The van der Waals surface area contributed by atoms with Gasteiger partial charge in [0, 0.05) is 17.3 Å². The summed E-state index contributed by atoms with van der Waals surface area (Å²) in [5.41, 5.74) is 1.83. The Balaban J connectivity index is 1.42. The minimum Gasteiger partial charge on any atom is -0.316 e. The number of rotatable bonds is 7. The van der Waals surface area contributed by atoms with E-state index in [1.54, 1.807) is 11.3 Å². The molecule has 0 spiro atoms. The molecule has 0 saturated heterocycles. The van der Waals surface area contributed by atoms with Crippen LogP contribution in [0.15, 0.2) is 5.16 Å². The zero-order valence-corrected chi connectivity index (χ0v) is 17.8. The van der Waals surface area contributed by atoms with Crippen molar-refractivity contribution in [3.05, 3.63) is 21.8 Å². The van der Waals surface area contributed by atoms with E-state index in [9.17, 15) is 10.1 Å². The summed E-state index contributed by atoms with van der Waals surface area (Å²) < 4.78 is 2.17. The molecule has 1 fully saturated rings. The second-order valence-corrected chi connectivity index (χ2v) is 9.53. The fraction of sp³-hybridized carbons (Fsp3) is 0.600. The molecule has 2 aliphatic carbocycles. The summed E-state index contributed by atoms with van der Waals surface area (Å²) in [4.78, 5) is 13.8. The van der Waals surface area contributed by atoms with Gasteiger partial charge < -0.3 is 9.88 Å². The van der Waals surface area contributed by atoms with E-state index < -0.39 is 0 Å². The Labute approximate surface area is 173 Å². The van der Waals surface area contributed by atoms with Gasteiger partial charge in [0.05, 0.1) is 11.3 Å². The van der Waals surface area contributed by atoms with Gasteiger partial charge in [0.1, 0.15) is 16.9 Å². The summed E-state index contributed by atoms with van der Waals surface area (Å²) in [5.74, 6) is 1.80. The number of aryl methyl sites for hydroxylation is 1. The summed E-state index contributed by atoms with van der Waals surface area (Å²) in [6, 6.07) is 2.32. The SMILES string of the molecule is CCCn1c(SCC(=O)Nc2sc3c(c2C#N)CCCCC3)nnc1C1CC1. The highest BCUT2D eigenvalue weighted by atomic mass is 32.2. The molecule has 0 atom stereocenters. The number of nitrogens with one attached hydrogen (secondary N) is 1. The second kappa shape index (κ2) is 8.66. The molecular weight excluding hydrogens is 390 g/mol. The van der Waals surface area contributed by atoms with E-state index in [1.165, 1.54) is 35.9 Å². The molecule has 4 rings (SSSR count). The Bertz CT molecular complexity index is 907. The zero-order valence-electron chi connectivity index (χ0n) is 16.2. The second-order valence-electron chi connectivity index (χ2n) is 7.48. The average molecular weight is 416 g/mol. The fourth-order valence-corrected chi connectivity index (χ4v) is 5.75. The molecule has 2 heterocycles. The van der Waals surface area contributed by atoms with Crippen LogP contribution in [-0.4, -0.2) is 26.4 Å². The molecule has 1 saturated carbocycles. The highest BCUT2D eigenvalue weighted by Gasteiger charge is 2.30. The Morgan fingerprint density at radius 3 is 2.89 bits per heavy atom. The summed E-state index contributed by atoms with van der Waals surface area (Å²) in [7, 11) is 0. The van der Waals surface area contributed by atoms with Crippen LogP contribution in [0.25, 0.3) is 0 Å². The third-order valence-electron chi connectivity index (χ3n) is 5.25. The molecule has 1 N–H and O–H groups in total. The zero-order chi connectivity index (χ0) is 19.5. The molecule has 2 aromatic heterocycles. The Hall–Kier alpha value is -1.85. The number of carbonyl (C=O) groups excluding carboxylic acids is 1. The van der Waals surface area contributed by atoms with Crippen LogP contribution >= 0.6 is 23.1 Å². The van der Waals surface area contributed by atoms with E-state index in [1.807, 2.05) is 0 Å². The molecule has 8 heteroatoms. The van der Waals surface area contributed by atoms with Gasteiger partial charge >= 0.3 is 0 Å². The lowest BCUT2D eigenvalue weighted by atomic mass is 10.1. The van der Waals surface area contributed by atoms with E-state index in [4.69, 9.17) is 0 Å². The predicted molar refractivity (Wildman–Crippen MR) is 112 cm³/mol. The summed E-state index contributed by atoms with van der Waals surface area (Å²) in [6.45, 7) is 3.03. The number of hydrogen-bond donors (Lipinski definition) is 1. The normalized spacial score (nSPS) is 16.3. The Morgan fingerprint density at radius 1 is 1.32 bits per heavy atom. The van der Waals surface area contributed by atoms with Gasteiger partial charge in [-0.1, -0.05) is 25.1 Å². The molecule has 148 valence electrons. The van der Waals surface area contributed by atoms with Crippen molar-refractivity contribution < 1.29 is 4.79 Å². The van der Waals surface area contributed by atoms with Crippen LogP contribution in [0.5, 0.6) is 0 Å². The van der Waals surface area contributed by atoms with Crippen LogP contribution in [0.1, 0.15) is 73.2 Å². The van der Waals surface area contributed by atoms with Gasteiger partial charge in [-0.05, 0) is 50.5 Å². The van der Waals surface area contributed by atoms with Crippen molar-refractivity contribution in [2.45, 2.75) is 75.9 Å². The minimum atomic E-state index is -0.0862. The lowest BCUT2D eigenvalue weighted by Gasteiger charge is -2.08. The molecule has 2 aliphatic rings. The summed E-state index contributed by atoms with van der Waals surface area (Å²) in [5, 5.41) is 22.8. The van der Waals surface area contributed by atoms with Gasteiger partial charge in [0.25, 0.3) is 0 Å². The van der Waals surface area contributed by atoms with Gasteiger partial charge in [0.15, 0.2) is 5.16 Å². The maximum absolute atomic E-state index is 12.6. The third kappa shape index (κ3) is 4.11. The minimum absolute atomic E-state index is 0.0862. The van der Waals surface area contributed by atoms with Crippen molar-refractivity contribution >= 4 is 34.0 Å². The number of hydrogen-bond acceptors (Lipinski definition) is 6. The standard InChI is InChI=1S/C20H25N5OS2/c1-2-10-25-18(13-8-9-13)23-24-20(25)27-12-17(26)22-19-15(11-21)14-6-4-3-5-7-16(14)28-19/h13H,2-10,12H2,1H3,(H,22,26). The first-order valence-corrected chi connectivity index (χ1v) is 11.9. The van der Waals surface area contributed by atoms with E-state index in [0.717, 1.165) is 55.2 Å². The molecular formula is C20H25N5OS2. The van der Waals surface area contributed by atoms with Crippen molar-refractivity contribution in [3.63, 3.8) is 0 Å². The van der Waals surface area contributed by atoms with Crippen molar-refractivity contribution in [2.24, 2.45) is 0 Å². The van der Waals surface area contributed by atoms with E-state index in [-0.39, 0.29) is 11.7 Å². The predicted octanol–water partition coefficient (Wildman–Crippen LogP) is 4.50. The van der Waals surface area contributed by atoms with E-state index >= 15 is 0 Å². The van der Waals surface area contributed by atoms with Gasteiger partial charge in [-0.15, -0.1) is 21.5 Å². The molecule has 0 aliphatic heterocycles. The van der Waals surface area contributed by atoms with Crippen LogP contribution < -0.4 is 5.32 Å². The van der Waals surface area contributed by atoms with Crippen LogP contribution in [0.3, 0.4) is 0 Å². The first-order chi connectivity index (χ1) is 13.7. The van der Waals surface area contributed by atoms with Gasteiger partial charge in [-0.3, -0.25) is 4.79 Å². The lowest BCUT2D eigenvalue weighted by molar-refractivity contribution is -0.113. The first kappa shape index (κ1) is 19.5. The lowest BCUT2D eigenvalue weighted by Crippen LogP contribution is -2.15. The monoisotopic (exact) mass is 415 g/mol. The van der Waals surface area contributed by atoms with Crippen molar-refractivity contribution in [2.75, 3.05) is 11.1 Å². The summed E-state index contributed by atoms with van der Waals surface area (Å²) in [6.07, 6.45) is 8.86. The molecule has 1 amide bonds. The number of thiophene rings is 1. The summed E-state index contributed by atoms with van der Waals surface area (Å²) >= 11 is 3.01. The highest BCUT2D eigenvalue weighted by Crippen LogP contribution is 2.40.